The van der Waals surface area contributed by atoms with Gasteiger partial charge in [0.2, 0.25) is 0 Å². The first-order valence-corrected chi connectivity index (χ1v) is 6.25. The second-order valence-electron chi connectivity index (χ2n) is 5.55. The van der Waals surface area contributed by atoms with Crippen LogP contribution in [0.15, 0.2) is 24.3 Å². The maximum atomic E-state index is 14.3. The van der Waals surface area contributed by atoms with E-state index >= 15 is 0 Å². The Morgan fingerprint density at radius 2 is 1.80 bits per heavy atom. The fourth-order valence-electron chi connectivity index (χ4n) is 2.01. The minimum atomic E-state index is -0.761. The van der Waals surface area contributed by atoms with E-state index in [0.29, 0.717) is 5.52 Å². The first-order chi connectivity index (χ1) is 9.22. The number of nitrogens with zero attached hydrogens (tertiary/aromatic N) is 1. The number of halogens is 1. The monoisotopic (exact) mass is 277 g/mol. The highest BCUT2D eigenvalue weighted by Crippen LogP contribution is 2.26. The molecule has 1 aromatic heterocycles. The van der Waals surface area contributed by atoms with Gasteiger partial charge in [0, 0.05) is 12.3 Å². The van der Waals surface area contributed by atoms with Gasteiger partial charge in [-0.15, -0.1) is 0 Å². The van der Waals surface area contributed by atoms with Crippen molar-refractivity contribution in [2.75, 3.05) is 0 Å². The fraction of sp³-hybridized carbons (Fsp3) is 0.333. The minimum Gasteiger partial charge on any atom is -0.443 e. The van der Waals surface area contributed by atoms with Crippen LogP contribution in [0.3, 0.4) is 0 Å². The van der Waals surface area contributed by atoms with E-state index in [2.05, 4.69) is 0 Å². The summed E-state index contributed by atoms with van der Waals surface area (Å²) in [5.74, 6) is -1.22. The lowest BCUT2D eigenvalue weighted by Crippen LogP contribution is -2.28. The van der Waals surface area contributed by atoms with E-state index in [-0.39, 0.29) is 11.1 Å². The van der Waals surface area contributed by atoms with Crippen molar-refractivity contribution >= 4 is 22.8 Å². The van der Waals surface area contributed by atoms with Gasteiger partial charge in [-0.2, -0.15) is 0 Å². The van der Waals surface area contributed by atoms with E-state index in [1.165, 1.54) is 13.0 Å². The summed E-state index contributed by atoms with van der Waals surface area (Å²) in [4.78, 5) is 23.9. The Balaban J connectivity index is 2.70. The molecule has 2 aromatic rings. The summed E-state index contributed by atoms with van der Waals surface area (Å²) in [5, 5.41) is 0.226. The lowest BCUT2D eigenvalue weighted by molar-refractivity contribution is 0.0534. The van der Waals surface area contributed by atoms with Crippen molar-refractivity contribution in [3.05, 3.63) is 35.8 Å². The van der Waals surface area contributed by atoms with Crippen molar-refractivity contribution in [3.63, 3.8) is 0 Å². The Kier molecular flexibility index (Phi) is 3.38. The molecule has 0 fully saturated rings. The summed E-state index contributed by atoms with van der Waals surface area (Å²) in [7, 11) is 0. The van der Waals surface area contributed by atoms with E-state index in [1.54, 1.807) is 39.0 Å². The number of ether oxygens (including phenoxy) is 1. The van der Waals surface area contributed by atoms with Gasteiger partial charge in [0.15, 0.2) is 11.6 Å². The van der Waals surface area contributed by atoms with Crippen LogP contribution in [-0.2, 0) is 4.74 Å². The Hall–Kier alpha value is -2.17. The molecule has 20 heavy (non-hydrogen) atoms. The molecule has 0 radical (unpaired) electrons. The average Bonchev–Trinajstić information content (AvgIpc) is 2.61. The van der Waals surface area contributed by atoms with Gasteiger partial charge in [-0.25, -0.2) is 13.8 Å². The number of para-hydroxylation sites is 1. The minimum absolute atomic E-state index is 0.226. The van der Waals surface area contributed by atoms with Crippen molar-refractivity contribution in [1.82, 2.24) is 4.57 Å². The van der Waals surface area contributed by atoms with Gasteiger partial charge in [-0.1, -0.05) is 12.1 Å². The third kappa shape index (κ3) is 2.43. The largest absolute Gasteiger partial charge is 0.443 e. The molecule has 0 spiro atoms. The van der Waals surface area contributed by atoms with Crippen molar-refractivity contribution in [3.8, 4) is 0 Å². The molecule has 0 unspecified atom stereocenters. The van der Waals surface area contributed by atoms with E-state index in [0.717, 1.165) is 4.57 Å². The van der Waals surface area contributed by atoms with Gasteiger partial charge < -0.3 is 4.74 Å². The van der Waals surface area contributed by atoms with Crippen LogP contribution >= 0.6 is 0 Å². The Morgan fingerprint density at radius 3 is 2.35 bits per heavy atom. The predicted molar refractivity (Wildman–Crippen MR) is 73.5 cm³/mol. The van der Waals surface area contributed by atoms with Gasteiger partial charge >= 0.3 is 6.09 Å². The van der Waals surface area contributed by atoms with E-state index in [4.69, 9.17) is 4.74 Å². The third-order valence-electron chi connectivity index (χ3n) is 2.72. The van der Waals surface area contributed by atoms with Crippen LogP contribution in [0.5, 0.6) is 0 Å². The second kappa shape index (κ2) is 4.74. The van der Waals surface area contributed by atoms with E-state index in [9.17, 15) is 14.0 Å². The number of aromatic nitrogens is 1. The van der Waals surface area contributed by atoms with Crippen LogP contribution in [0, 0.1) is 5.82 Å². The molecule has 0 saturated carbocycles. The molecule has 0 atom stereocenters. The summed E-state index contributed by atoms with van der Waals surface area (Å²) in [6.07, 6.45) is -0.761. The van der Waals surface area contributed by atoms with Gasteiger partial charge in [-0.3, -0.25) is 4.79 Å². The maximum Gasteiger partial charge on any atom is 0.419 e. The molecule has 0 N–H and O–H groups in total. The number of hydrogen-bond acceptors (Lipinski definition) is 3. The summed E-state index contributed by atoms with van der Waals surface area (Å²) in [6, 6.07) is 6.42. The lowest BCUT2D eigenvalue weighted by Gasteiger charge is -2.20. The van der Waals surface area contributed by atoms with Crippen molar-refractivity contribution in [2.45, 2.75) is 33.3 Å². The smallest absolute Gasteiger partial charge is 0.419 e. The molecule has 1 heterocycles. The molecule has 1 aromatic carbocycles. The van der Waals surface area contributed by atoms with Crippen LogP contribution in [-0.4, -0.2) is 22.0 Å². The summed E-state index contributed by atoms with van der Waals surface area (Å²) < 4.78 is 20.5. The summed E-state index contributed by atoms with van der Waals surface area (Å²) >= 11 is 0. The van der Waals surface area contributed by atoms with E-state index < -0.39 is 23.3 Å². The Morgan fingerprint density at radius 1 is 1.20 bits per heavy atom. The SMILES string of the molecule is CC(=O)c1c(F)c2ccccc2n1C(=O)OC(C)(C)C. The highest BCUT2D eigenvalue weighted by atomic mass is 19.1. The zero-order valence-electron chi connectivity index (χ0n) is 11.9. The van der Waals surface area contributed by atoms with Crippen LogP contribution in [0.1, 0.15) is 38.2 Å². The summed E-state index contributed by atoms with van der Waals surface area (Å²) in [6.45, 7) is 6.35. The molecule has 5 heteroatoms. The number of carbonyl (C=O) groups excluding carboxylic acids is 2. The molecule has 0 amide bonds. The van der Waals surface area contributed by atoms with Gasteiger partial charge in [0.1, 0.15) is 11.3 Å². The number of ketones is 1. The normalized spacial score (nSPS) is 11.7. The number of fused-ring (bicyclic) bond motifs is 1. The second-order valence-corrected chi connectivity index (χ2v) is 5.55. The Labute approximate surface area is 116 Å². The highest BCUT2D eigenvalue weighted by Gasteiger charge is 2.27. The molecule has 4 nitrogen and oxygen atoms in total. The number of benzene rings is 1. The van der Waals surface area contributed by atoms with Crippen LogP contribution < -0.4 is 0 Å². The van der Waals surface area contributed by atoms with Crippen molar-refractivity contribution < 1.29 is 18.7 Å². The maximum absolute atomic E-state index is 14.3. The summed E-state index contributed by atoms with van der Waals surface area (Å²) in [5.41, 5.74) is -0.683. The molecule has 0 bridgehead atoms. The number of rotatable bonds is 1. The first-order valence-electron chi connectivity index (χ1n) is 6.25. The third-order valence-corrected chi connectivity index (χ3v) is 2.72. The fourth-order valence-corrected chi connectivity index (χ4v) is 2.01. The number of Topliss-reactive ketones (excluding diaryl/α,β-unsaturated/α-hetero) is 1. The number of carbonyl (C=O) groups is 2. The topological polar surface area (TPSA) is 48.3 Å². The molecular formula is C15H16FNO3. The molecule has 0 aliphatic heterocycles. The zero-order chi connectivity index (χ0) is 15.1. The number of hydrogen-bond donors (Lipinski definition) is 0. The molecule has 0 aliphatic carbocycles. The van der Waals surface area contributed by atoms with Gasteiger partial charge in [0.05, 0.1) is 5.52 Å². The van der Waals surface area contributed by atoms with Crippen LogP contribution in [0.25, 0.3) is 10.9 Å². The molecule has 106 valence electrons. The van der Waals surface area contributed by atoms with Gasteiger partial charge in [-0.05, 0) is 32.9 Å². The Bertz CT molecular complexity index is 695. The van der Waals surface area contributed by atoms with Crippen molar-refractivity contribution in [1.29, 1.82) is 0 Å². The molecular weight excluding hydrogens is 261 g/mol. The molecule has 2 rings (SSSR count). The van der Waals surface area contributed by atoms with Crippen molar-refractivity contribution in [2.24, 2.45) is 0 Å². The zero-order valence-corrected chi connectivity index (χ0v) is 11.9. The highest BCUT2D eigenvalue weighted by molar-refractivity contribution is 6.04. The van der Waals surface area contributed by atoms with Crippen LogP contribution in [0.4, 0.5) is 9.18 Å². The molecule has 0 saturated heterocycles. The predicted octanol–water partition coefficient (Wildman–Crippen LogP) is 3.77. The van der Waals surface area contributed by atoms with Crippen LogP contribution in [0.2, 0.25) is 0 Å². The average molecular weight is 277 g/mol. The standard InChI is InChI=1S/C15H16FNO3/c1-9(18)13-12(16)10-7-5-6-8-11(10)17(13)14(19)20-15(2,3)4/h5-8H,1-4H3. The van der Waals surface area contributed by atoms with Gasteiger partial charge in [0.25, 0.3) is 0 Å². The molecule has 0 aliphatic rings. The first kappa shape index (κ1) is 14.2. The van der Waals surface area contributed by atoms with E-state index in [1.807, 2.05) is 0 Å². The lowest BCUT2D eigenvalue weighted by atomic mass is 10.2. The quantitative estimate of drug-likeness (QED) is 0.745.